The maximum Gasteiger partial charge on any atom is 0.130 e. The van der Waals surface area contributed by atoms with Crippen LogP contribution in [0.15, 0.2) is 42.6 Å². The van der Waals surface area contributed by atoms with E-state index in [-0.39, 0.29) is 6.61 Å². The second kappa shape index (κ2) is 4.19. The molecule has 0 amide bonds. The summed E-state index contributed by atoms with van der Waals surface area (Å²) in [5.41, 5.74) is 1.03. The van der Waals surface area contributed by atoms with Gasteiger partial charge in [-0.1, -0.05) is 18.2 Å². The number of fused-ring (bicyclic) bond motifs is 1. The molecule has 0 saturated heterocycles. The highest BCUT2D eigenvalue weighted by molar-refractivity contribution is 5.89. The first kappa shape index (κ1) is 9.80. The summed E-state index contributed by atoms with van der Waals surface area (Å²) in [6.07, 6.45) is 2.75. The highest BCUT2D eigenvalue weighted by Crippen LogP contribution is 2.23. The van der Waals surface area contributed by atoms with Crippen LogP contribution in [0.1, 0.15) is 5.56 Å². The highest BCUT2D eigenvalue weighted by Gasteiger charge is 2.05. The van der Waals surface area contributed by atoms with Gasteiger partial charge in [-0.15, -0.1) is 0 Å². The van der Waals surface area contributed by atoms with Crippen molar-refractivity contribution in [3.05, 3.63) is 48.2 Å². The van der Waals surface area contributed by atoms with Gasteiger partial charge in [0.15, 0.2) is 0 Å². The Bertz CT molecular complexity index is 502. The zero-order chi connectivity index (χ0) is 10.7. The van der Waals surface area contributed by atoms with Crippen molar-refractivity contribution in [3.8, 4) is 0 Å². The zero-order valence-electron chi connectivity index (χ0n) is 8.02. The predicted octanol–water partition coefficient (Wildman–Crippen LogP) is 2.54. The molecule has 2 nitrogen and oxygen atoms in total. The summed E-state index contributed by atoms with van der Waals surface area (Å²) in [4.78, 5) is 4.12. The Morgan fingerprint density at radius 1 is 1.33 bits per heavy atom. The average molecular weight is 203 g/mol. The molecule has 0 spiro atoms. The van der Waals surface area contributed by atoms with Gasteiger partial charge in [0, 0.05) is 17.1 Å². The minimum absolute atomic E-state index is 0.310. The number of aliphatic hydroxyl groups is 1. The summed E-state index contributed by atoms with van der Waals surface area (Å²) < 4.78 is 13.5. The monoisotopic (exact) mass is 203 g/mol. The largest absolute Gasteiger partial charge is 0.392 e. The van der Waals surface area contributed by atoms with Gasteiger partial charge in [-0.3, -0.25) is 4.98 Å². The van der Waals surface area contributed by atoms with Gasteiger partial charge >= 0.3 is 0 Å². The normalized spacial score (nSPS) is 12.0. The molecule has 1 N–H and O–H groups in total. The number of benzene rings is 1. The van der Waals surface area contributed by atoms with Gasteiger partial charge in [-0.25, -0.2) is 4.39 Å². The van der Waals surface area contributed by atoms with Crippen LogP contribution in [0.5, 0.6) is 0 Å². The lowest BCUT2D eigenvalue weighted by Gasteiger charge is -2.02. The summed E-state index contributed by atoms with van der Waals surface area (Å²) in [5.74, 6) is -0.443. The number of aliphatic hydroxyl groups excluding tert-OH is 1. The molecule has 0 aliphatic heterocycles. The van der Waals surface area contributed by atoms with Crippen molar-refractivity contribution in [1.29, 1.82) is 0 Å². The Balaban J connectivity index is 2.66. The van der Waals surface area contributed by atoms with E-state index in [4.69, 9.17) is 5.11 Å². The number of pyridine rings is 1. The molecule has 0 aliphatic carbocycles. The standard InChI is InChI=1S/C12H10FNO/c13-11(6-8-15)10-5-1-3-9-4-2-7-14-12(9)10/h1-7,15H,8H2/b11-6+. The Kier molecular flexibility index (Phi) is 2.74. The van der Waals surface area contributed by atoms with Crippen molar-refractivity contribution in [3.63, 3.8) is 0 Å². The Hall–Kier alpha value is -1.74. The third-order valence-electron chi connectivity index (χ3n) is 2.16. The van der Waals surface area contributed by atoms with Gasteiger partial charge in [0.25, 0.3) is 0 Å². The molecule has 3 heteroatoms. The van der Waals surface area contributed by atoms with E-state index in [9.17, 15) is 4.39 Å². The van der Waals surface area contributed by atoms with Crippen molar-refractivity contribution in [1.82, 2.24) is 4.98 Å². The molecular formula is C12H10FNO. The summed E-state index contributed by atoms with van der Waals surface area (Å²) >= 11 is 0. The maximum absolute atomic E-state index is 13.5. The van der Waals surface area contributed by atoms with Crippen molar-refractivity contribution in [2.75, 3.05) is 6.61 Å². The molecule has 1 heterocycles. The lowest BCUT2D eigenvalue weighted by Crippen LogP contribution is -1.86. The first-order valence-corrected chi connectivity index (χ1v) is 4.63. The van der Waals surface area contributed by atoms with E-state index in [0.29, 0.717) is 11.1 Å². The van der Waals surface area contributed by atoms with Crippen molar-refractivity contribution in [2.24, 2.45) is 0 Å². The minimum Gasteiger partial charge on any atom is -0.392 e. The molecule has 0 fully saturated rings. The van der Waals surface area contributed by atoms with Crippen molar-refractivity contribution in [2.45, 2.75) is 0 Å². The number of nitrogens with zero attached hydrogens (tertiary/aromatic N) is 1. The molecule has 2 aromatic rings. The molecule has 1 aromatic heterocycles. The molecular weight excluding hydrogens is 193 g/mol. The lowest BCUT2D eigenvalue weighted by molar-refractivity contribution is 0.342. The van der Waals surface area contributed by atoms with Crippen molar-refractivity contribution >= 4 is 16.7 Å². The number of rotatable bonds is 2. The lowest BCUT2D eigenvalue weighted by atomic mass is 10.1. The van der Waals surface area contributed by atoms with Gasteiger partial charge in [0.05, 0.1) is 12.1 Å². The fourth-order valence-electron chi connectivity index (χ4n) is 1.49. The van der Waals surface area contributed by atoms with Crippen LogP contribution in [0.25, 0.3) is 16.7 Å². The molecule has 15 heavy (non-hydrogen) atoms. The summed E-state index contributed by atoms with van der Waals surface area (Å²) in [5, 5.41) is 9.52. The first-order valence-electron chi connectivity index (χ1n) is 4.63. The van der Waals surface area contributed by atoms with Crippen LogP contribution in [-0.2, 0) is 0 Å². The molecule has 1 aromatic carbocycles. The van der Waals surface area contributed by atoms with Gasteiger partial charge < -0.3 is 5.11 Å². The fraction of sp³-hybridized carbons (Fsp3) is 0.0833. The quantitative estimate of drug-likeness (QED) is 0.813. The van der Waals surface area contributed by atoms with E-state index in [1.54, 1.807) is 24.4 Å². The first-order chi connectivity index (χ1) is 7.33. The molecule has 0 aliphatic rings. The molecule has 0 saturated carbocycles. The minimum atomic E-state index is -0.443. The van der Waals surface area contributed by atoms with Crippen molar-refractivity contribution < 1.29 is 9.50 Å². The molecule has 0 radical (unpaired) electrons. The number of para-hydroxylation sites is 1. The van der Waals surface area contributed by atoms with E-state index >= 15 is 0 Å². The van der Waals surface area contributed by atoms with Crippen LogP contribution < -0.4 is 0 Å². The topological polar surface area (TPSA) is 33.1 Å². The van der Waals surface area contributed by atoms with Crippen LogP contribution in [0.4, 0.5) is 4.39 Å². The van der Waals surface area contributed by atoms with Crippen LogP contribution in [0.2, 0.25) is 0 Å². The van der Waals surface area contributed by atoms with Crippen LogP contribution in [0.3, 0.4) is 0 Å². The summed E-state index contributed by atoms with van der Waals surface area (Å²) in [6, 6.07) is 8.97. The third-order valence-corrected chi connectivity index (χ3v) is 2.16. The second-order valence-corrected chi connectivity index (χ2v) is 3.12. The van der Waals surface area contributed by atoms with Crippen LogP contribution in [0, 0.1) is 0 Å². The second-order valence-electron chi connectivity index (χ2n) is 3.12. The van der Waals surface area contributed by atoms with Crippen LogP contribution in [-0.4, -0.2) is 16.7 Å². The van der Waals surface area contributed by atoms with Gasteiger partial charge in [0.1, 0.15) is 5.83 Å². The Morgan fingerprint density at radius 2 is 2.13 bits per heavy atom. The molecule has 76 valence electrons. The van der Waals surface area contributed by atoms with Gasteiger partial charge in [0.2, 0.25) is 0 Å². The molecule has 0 atom stereocenters. The maximum atomic E-state index is 13.5. The molecule has 0 bridgehead atoms. The fourth-order valence-corrected chi connectivity index (χ4v) is 1.49. The molecule has 2 rings (SSSR count). The molecule has 0 unspecified atom stereocenters. The van der Waals surface area contributed by atoms with E-state index < -0.39 is 5.83 Å². The van der Waals surface area contributed by atoms with E-state index in [2.05, 4.69) is 4.98 Å². The highest BCUT2D eigenvalue weighted by atomic mass is 19.1. The van der Waals surface area contributed by atoms with Gasteiger partial charge in [-0.2, -0.15) is 0 Å². The van der Waals surface area contributed by atoms with E-state index in [0.717, 1.165) is 11.5 Å². The SMILES string of the molecule is OC/C=C(/F)c1cccc2cccnc12. The predicted molar refractivity (Wildman–Crippen MR) is 57.9 cm³/mol. The van der Waals surface area contributed by atoms with E-state index in [1.807, 2.05) is 12.1 Å². The van der Waals surface area contributed by atoms with E-state index in [1.165, 1.54) is 0 Å². The number of hydrogen-bond acceptors (Lipinski definition) is 2. The third kappa shape index (κ3) is 1.87. The van der Waals surface area contributed by atoms with Crippen LogP contribution >= 0.6 is 0 Å². The average Bonchev–Trinajstić information content (AvgIpc) is 2.28. The zero-order valence-corrected chi connectivity index (χ0v) is 8.02. The number of halogens is 1. The number of hydrogen-bond donors (Lipinski definition) is 1. The summed E-state index contributed by atoms with van der Waals surface area (Å²) in [7, 11) is 0. The smallest absolute Gasteiger partial charge is 0.130 e. The Labute approximate surface area is 86.7 Å². The Morgan fingerprint density at radius 3 is 2.93 bits per heavy atom. The summed E-state index contributed by atoms with van der Waals surface area (Å²) in [6.45, 7) is -0.310. The van der Waals surface area contributed by atoms with Gasteiger partial charge in [-0.05, 0) is 18.2 Å². The number of aromatic nitrogens is 1.